The van der Waals surface area contributed by atoms with Crippen molar-refractivity contribution in [1.29, 1.82) is 0 Å². The largest absolute Gasteiger partial charge is 0.497 e. The van der Waals surface area contributed by atoms with Crippen LogP contribution in [0, 0.1) is 13.8 Å². The SMILES string of the molecule is COc1ccc(-n2c(C)cc([C@H]3[C@H](c4ccccn4)NC(=S)N3CCC(=O)Nc3ccccc3)c2C)cc1. The van der Waals surface area contributed by atoms with E-state index in [1.807, 2.05) is 60.7 Å². The maximum absolute atomic E-state index is 12.8. The highest BCUT2D eigenvalue weighted by Crippen LogP contribution is 2.41. The fourth-order valence-electron chi connectivity index (χ4n) is 5.17. The van der Waals surface area contributed by atoms with Crippen molar-refractivity contribution in [2.45, 2.75) is 32.4 Å². The zero-order valence-corrected chi connectivity index (χ0v) is 22.5. The van der Waals surface area contributed by atoms with E-state index in [2.05, 4.69) is 57.1 Å². The molecule has 0 unspecified atom stereocenters. The second-order valence-corrected chi connectivity index (χ2v) is 9.73. The van der Waals surface area contributed by atoms with Crippen LogP contribution in [0.4, 0.5) is 5.69 Å². The number of carbonyl (C=O) groups is 1. The number of nitrogens with zero attached hydrogens (tertiary/aromatic N) is 3. The Balaban J connectivity index is 1.47. The second kappa shape index (κ2) is 11.1. The van der Waals surface area contributed by atoms with Crippen molar-refractivity contribution in [3.63, 3.8) is 0 Å². The lowest BCUT2D eigenvalue weighted by molar-refractivity contribution is -0.116. The van der Waals surface area contributed by atoms with Gasteiger partial charge < -0.3 is 24.8 Å². The minimum Gasteiger partial charge on any atom is -0.497 e. The van der Waals surface area contributed by atoms with E-state index in [1.165, 1.54) is 0 Å². The molecule has 2 aromatic carbocycles. The number of hydrogen-bond acceptors (Lipinski definition) is 4. The van der Waals surface area contributed by atoms with Gasteiger partial charge in [0.2, 0.25) is 5.91 Å². The lowest BCUT2D eigenvalue weighted by atomic mass is 9.96. The Morgan fingerprint density at radius 2 is 1.79 bits per heavy atom. The molecule has 2 atom stereocenters. The number of rotatable bonds is 8. The normalized spacial score (nSPS) is 16.8. The summed E-state index contributed by atoms with van der Waals surface area (Å²) in [6.07, 6.45) is 2.10. The Bertz CT molecular complexity index is 1420. The quantitative estimate of drug-likeness (QED) is 0.296. The molecule has 1 amide bonds. The van der Waals surface area contributed by atoms with Crippen LogP contribution in [0.1, 0.15) is 41.1 Å². The summed E-state index contributed by atoms with van der Waals surface area (Å²) in [5.74, 6) is 0.764. The van der Waals surface area contributed by atoms with Crippen molar-refractivity contribution in [3.05, 3.63) is 108 Å². The summed E-state index contributed by atoms with van der Waals surface area (Å²) < 4.78 is 7.59. The zero-order valence-electron chi connectivity index (χ0n) is 21.7. The number of benzene rings is 2. The molecular weight excluding hydrogens is 494 g/mol. The lowest BCUT2D eigenvalue weighted by Crippen LogP contribution is -2.32. The molecule has 194 valence electrons. The van der Waals surface area contributed by atoms with Crippen LogP contribution >= 0.6 is 12.2 Å². The van der Waals surface area contributed by atoms with Crippen LogP contribution in [0.3, 0.4) is 0 Å². The average molecular weight is 526 g/mol. The molecule has 38 heavy (non-hydrogen) atoms. The first kappa shape index (κ1) is 25.5. The van der Waals surface area contributed by atoms with E-state index in [0.717, 1.165) is 39.8 Å². The van der Waals surface area contributed by atoms with Crippen molar-refractivity contribution in [3.8, 4) is 11.4 Å². The number of ether oxygens (including phenoxy) is 1. The molecule has 0 spiro atoms. The first-order valence-electron chi connectivity index (χ1n) is 12.6. The third-order valence-corrected chi connectivity index (χ3v) is 7.31. The average Bonchev–Trinajstić information content (AvgIpc) is 3.42. The number of thiocarbonyl (C=S) groups is 1. The first-order chi connectivity index (χ1) is 18.5. The fourth-order valence-corrected chi connectivity index (χ4v) is 5.50. The van der Waals surface area contributed by atoms with E-state index in [4.69, 9.17) is 17.0 Å². The minimum atomic E-state index is -0.147. The zero-order chi connectivity index (χ0) is 26.6. The van der Waals surface area contributed by atoms with Crippen molar-refractivity contribution in [2.24, 2.45) is 0 Å². The maximum atomic E-state index is 12.8. The van der Waals surface area contributed by atoms with Gasteiger partial charge in [0, 0.05) is 41.9 Å². The molecule has 2 aromatic heterocycles. The first-order valence-corrected chi connectivity index (χ1v) is 13.0. The van der Waals surface area contributed by atoms with Crippen molar-refractivity contribution in [1.82, 2.24) is 19.8 Å². The van der Waals surface area contributed by atoms with Crippen LogP contribution in [-0.2, 0) is 4.79 Å². The van der Waals surface area contributed by atoms with Gasteiger partial charge in [0.15, 0.2) is 5.11 Å². The summed E-state index contributed by atoms with van der Waals surface area (Å²) in [6, 6.07) is 25.4. The van der Waals surface area contributed by atoms with Crippen LogP contribution in [-0.4, -0.2) is 39.1 Å². The second-order valence-electron chi connectivity index (χ2n) is 9.34. The molecule has 0 saturated carbocycles. The predicted molar refractivity (Wildman–Crippen MR) is 154 cm³/mol. The summed E-state index contributed by atoms with van der Waals surface area (Å²) in [5.41, 5.74) is 6.12. The van der Waals surface area contributed by atoms with Gasteiger partial charge in [-0.3, -0.25) is 9.78 Å². The number of carbonyl (C=O) groups excluding carboxylic acids is 1. The number of aryl methyl sites for hydroxylation is 1. The maximum Gasteiger partial charge on any atom is 0.226 e. The summed E-state index contributed by atoms with van der Waals surface area (Å²) in [6.45, 7) is 4.71. The Hall–Kier alpha value is -4.17. The molecule has 0 aliphatic carbocycles. The van der Waals surface area contributed by atoms with Gasteiger partial charge in [-0.2, -0.15) is 0 Å². The summed E-state index contributed by atoms with van der Waals surface area (Å²) >= 11 is 5.81. The van der Waals surface area contributed by atoms with Gasteiger partial charge in [0.1, 0.15) is 5.75 Å². The highest BCUT2D eigenvalue weighted by Gasteiger charge is 2.41. The number of amides is 1. The lowest BCUT2D eigenvalue weighted by Gasteiger charge is -2.28. The number of pyridine rings is 1. The number of methoxy groups -OCH3 is 1. The van der Waals surface area contributed by atoms with Gasteiger partial charge in [0.05, 0.1) is 24.9 Å². The molecule has 5 rings (SSSR count). The highest BCUT2D eigenvalue weighted by molar-refractivity contribution is 7.80. The van der Waals surface area contributed by atoms with E-state index in [1.54, 1.807) is 13.3 Å². The van der Waals surface area contributed by atoms with Gasteiger partial charge in [-0.15, -0.1) is 0 Å². The van der Waals surface area contributed by atoms with Gasteiger partial charge in [-0.05, 0) is 86.2 Å². The van der Waals surface area contributed by atoms with E-state index in [9.17, 15) is 4.79 Å². The van der Waals surface area contributed by atoms with Crippen LogP contribution in [0.2, 0.25) is 0 Å². The molecule has 2 N–H and O–H groups in total. The number of aromatic nitrogens is 2. The molecular formula is C30H31N5O2S. The van der Waals surface area contributed by atoms with Crippen LogP contribution in [0.5, 0.6) is 5.75 Å². The molecule has 1 fully saturated rings. The number of nitrogens with one attached hydrogen (secondary N) is 2. The van der Waals surface area contributed by atoms with E-state index in [0.29, 0.717) is 18.1 Å². The third kappa shape index (κ3) is 5.13. The molecule has 7 nitrogen and oxygen atoms in total. The number of para-hydroxylation sites is 1. The predicted octanol–water partition coefficient (Wildman–Crippen LogP) is 5.50. The topological polar surface area (TPSA) is 71.4 Å². The standard InChI is InChI=1S/C30H31N5O2S/c1-20-19-25(21(2)35(20)23-12-14-24(37-3)15-13-23)29-28(26-11-7-8-17-31-26)33-30(38)34(29)18-16-27(36)32-22-9-5-4-6-10-22/h4-15,17,19,28-29H,16,18H2,1-3H3,(H,32,36)(H,33,38)/t28-,29-/m0/s1. The highest BCUT2D eigenvalue weighted by atomic mass is 32.1. The molecule has 8 heteroatoms. The molecule has 4 aromatic rings. The molecule has 0 radical (unpaired) electrons. The van der Waals surface area contributed by atoms with Crippen molar-refractivity contribution >= 4 is 28.9 Å². The molecule has 1 saturated heterocycles. The molecule has 1 aliphatic rings. The Morgan fingerprint density at radius 3 is 2.47 bits per heavy atom. The Labute approximate surface area is 228 Å². The molecule has 1 aliphatic heterocycles. The monoisotopic (exact) mass is 525 g/mol. The third-order valence-electron chi connectivity index (χ3n) is 6.95. The smallest absolute Gasteiger partial charge is 0.226 e. The van der Waals surface area contributed by atoms with Crippen LogP contribution in [0.25, 0.3) is 5.69 Å². The Kier molecular flexibility index (Phi) is 7.42. The van der Waals surface area contributed by atoms with E-state index in [-0.39, 0.29) is 18.0 Å². The molecule has 0 bridgehead atoms. The van der Waals surface area contributed by atoms with Gasteiger partial charge in [-0.1, -0.05) is 24.3 Å². The summed E-state index contributed by atoms with van der Waals surface area (Å²) in [5, 5.41) is 7.09. The summed E-state index contributed by atoms with van der Waals surface area (Å²) in [7, 11) is 1.67. The van der Waals surface area contributed by atoms with Crippen molar-refractivity contribution in [2.75, 3.05) is 19.0 Å². The Morgan fingerprint density at radius 1 is 1.05 bits per heavy atom. The van der Waals surface area contributed by atoms with Gasteiger partial charge in [0.25, 0.3) is 0 Å². The minimum absolute atomic E-state index is 0.0530. The van der Waals surface area contributed by atoms with E-state index >= 15 is 0 Å². The van der Waals surface area contributed by atoms with Crippen molar-refractivity contribution < 1.29 is 9.53 Å². The summed E-state index contributed by atoms with van der Waals surface area (Å²) in [4.78, 5) is 19.6. The number of hydrogen-bond donors (Lipinski definition) is 2. The number of anilines is 1. The van der Waals surface area contributed by atoms with Crippen LogP contribution < -0.4 is 15.4 Å². The van der Waals surface area contributed by atoms with Gasteiger partial charge in [-0.25, -0.2) is 0 Å². The van der Waals surface area contributed by atoms with Crippen LogP contribution in [0.15, 0.2) is 85.1 Å². The fraction of sp³-hybridized carbons (Fsp3) is 0.233. The molecule has 3 heterocycles. The van der Waals surface area contributed by atoms with Gasteiger partial charge >= 0.3 is 0 Å². The van der Waals surface area contributed by atoms with E-state index < -0.39 is 0 Å².